The van der Waals surface area contributed by atoms with Gasteiger partial charge in [-0.15, -0.1) is 0 Å². The summed E-state index contributed by atoms with van der Waals surface area (Å²) < 4.78 is 2.69. The number of anilines is 1. The summed E-state index contributed by atoms with van der Waals surface area (Å²) in [6.45, 7) is 2.52. The Labute approximate surface area is 143 Å². The van der Waals surface area contributed by atoms with Crippen molar-refractivity contribution in [2.45, 2.75) is 25.4 Å². The number of rotatable bonds is 6. The Bertz CT molecular complexity index is 773. The maximum atomic E-state index is 9.80. The van der Waals surface area contributed by atoms with E-state index in [-0.39, 0.29) is 12.0 Å². The number of nitrogens with zero attached hydrogens (tertiary/aromatic N) is 3. The topological polar surface area (TPSA) is 62.5 Å². The molecule has 0 saturated carbocycles. The average Bonchev–Trinajstić information content (AvgIpc) is 2.94. The molecule has 2 aromatic heterocycles. The predicted molar refractivity (Wildman–Crippen MR) is 94.7 cm³/mol. The second-order valence-corrected chi connectivity index (χ2v) is 6.49. The van der Waals surface area contributed by atoms with Crippen molar-refractivity contribution in [2.24, 2.45) is 0 Å². The summed E-state index contributed by atoms with van der Waals surface area (Å²) in [4.78, 5) is 4.42. The van der Waals surface area contributed by atoms with Gasteiger partial charge in [-0.1, -0.05) is 30.3 Å². The van der Waals surface area contributed by atoms with Crippen molar-refractivity contribution in [3.05, 3.63) is 59.0 Å². The minimum absolute atomic E-state index is 0.208. The van der Waals surface area contributed by atoms with Crippen molar-refractivity contribution in [2.75, 3.05) is 11.9 Å². The number of benzene rings is 1. The van der Waals surface area contributed by atoms with Crippen LogP contribution in [0.4, 0.5) is 5.82 Å². The summed E-state index contributed by atoms with van der Waals surface area (Å²) in [6.07, 6.45) is 5.64. The average molecular weight is 375 g/mol. The summed E-state index contributed by atoms with van der Waals surface area (Å²) in [5.74, 6) is 0.989. The monoisotopic (exact) mass is 374 g/mol. The highest BCUT2D eigenvalue weighted by Crippen LogP contribution is 2.26. The van der Waals surface area contributed by atoms with Gasteiger partial charge >= 0.3 is 0 Å². The summed E-state index contributed by atoms with van der Waals surface area (Å²) in [5.41, 5.74) is 2.12. The zero-order valence-electron chi connectivity index (χ0n) is 12.9. The van der Waals surface area contributed by atoms with Gasteiger partial charge in [0.15, 0.2) is 5.82 Å². The van der Waals surface area contributed by atoms with Crippen molar-refractivity contribution in [3.63, 3.8) is 0 Å². The largest absolute Gasteiger partial charge is 0.393 e. The van der Waals surface area contributed by atoms with E-state index in [1.807, 2.05) is 31.3 Å². The van der Waals surface area contributed by atoms with Gasteiger partial charge in [-0.3, -0.25) is 0 Å². The first-order valence-corrected chi connectivity index (χ1v) is 8.39. The van der Waals surface area contributed by atoms with E-state index in [9.17, 15) is 5.11 Å². The van der Waals surface area contributed by atoms with Crippen LogP contribution >= 0.6 is 15.9 Å². The fourth-order valence-corrected chi connectivity index (χ4v) is 3.19. The first-order valence-electron chi connectivity index (χ1n) is 7.60. The molecule has 0 aliphatic rings. The van der Waals surface area contributed by atoms with E-state index >= 15 is 0 Å². The lowest BCUT2D eigenvalue weighted by Gasteiger charge is -2.20. The molecule has 0 aliphatic heterocycles. The fourth-order valence-electron chi connectivity index (χ4n) is 2.73. The molecule has 0 aliphatic carbocycles. The SMILES string of the molecule is CC(O)CC(CNc1nccn2ncc(Br)c12)c1ccccc1. The summed E-state index contributed by atoms with van der Waals surface area (Å²) in [6, 6.07) is 10.2. The molecule has 0 radical (unpaired) electrons. The Morgan fingerprint density at radius 2 is 2.09 bits per heavy atom. The van der Waals surface area contributed by atoms with Crippen LogP contribution in [0.2, 0.25) is 0 Å². The van der Waals surface area contributed by atoms with Crippen molar-refractivity contribution >= 4 is 27.3 Å². The number of fused-ring (bicyclic) bond motifs is 1. The van der Waals surface area contributed by atoms with Crippen LogP contribution in [0.5, 0.6) is 0 Å². The molecule has 0 bridgehead atoms. The predicted octanol–water partition coefficient (Wildman–Crippen LogP) is 3.46. The van der Waals surface area contributed by atoms with E-state index in [1.54, 1.807) is 16.9 Å². The van der Waals surface area contributed by atoms with Crippen molar-refractivity contribution in [1.82, 2.24) is 14.6 Å². The Morgan fingerprint density at radius 1 is 1.30 bits per heavy atom. The van der Waals surface area contributed by atoms with E-state index in [4.69, 9.17) is 0 Å². The number of aliphatic hydroxyl groups excluding tert-OH is 1. The maximum Gasteiger partial charge on any atom is 0.153 e. The molecule has 3 rings (SSSR count). The van der Waals surface area contributed by atoms with E-state index in [1.165, 1.54) is 5.56 Å². The van der Waals surface area contributed by atoms with Crippen molar-refractivity contribution in [3.8, 4) is 0 Å². The minimum atomic E-state index is -0.354. The molecule has 0 spiro atoms. The normalized spacial score (nSPS) is 13.9. The van der Waals surface area contributed by atoms with Crippen LogP contribution in [0, 0.1) is 0 Å². The molecule has 1 aromatic carbocycles. The molecular formula is C17H19BrN4O. The third kappa shape index (κ3) is 3.71. The number of nitrogens with one attached hydrogen (secondary N) is 1. The maximum absolute atomic E-state index is 9.80. The van der Waals surface area contributed by atoms with Crippen LogP contribution in [-0.4, -0.2) is 32.4 Å². The smallest absolute Gasteiger partial charge is 0.153 e. The highest BCUT2D eigenvalue weighted by Gasteiger charge is 2.16. The molecule has 0 saturated heterocycles. The zero-order valence-corrected chi connectivity index (χ0v) is 14.4. The van der Waals surface area contributed by atoms with E-state index in [0.717, 1.165) is 15.8 Å². The third-order valence-electron chi connectivity index (χ3n) is 3.80. The summed E-state index contributed by atoms with van der Waals surface area (Å²) in [7, 11) is 0. The van der Waals surface area contributed by atoms with Crippen molar-refractivity contribution in [1.29, 1.82) is 0 Å². The van der Waals surface area contributed by atoms with Crippen LogP contribution < -0.4 is 5.32 Å². The second-order valence-electron chi connectivity index (χ2n) is 5.63. The summed E-state index contributed by atoms with van der Waals surface area (Å²) in [5, 5.41) is 17.5. The molecule has 6 heteroatoms. The molecule has 2 unspecified atom stereocenters. The lowest BCUT2D eigenvalue weighted by molar-refractivity contribution is 0.175. The van der Waals surface area contributed by atoms with Gasteiger partial charge < -0.3 is 10.4 Å². The lowest BCUT2D eigenvalue weighted by Crippen LogP contribution is -2.18. The van der Waals surface area contributed by atoms with Gasteiger partial charge in [0.2, 0.25) is 0 Å². The van der Waals surface area contributed by atoms with E-state index in [0.29, 0.717) is 13.0 Å². The van der Waals surface area contributed by atoms with E-state index in [2.05, 4.69) is 43.5 Å². The third-order valence-corrected chi connectivity index (χ3v) is 4.38. The van der Waals surface area contributed by atoms with Gasteiger partial charge in [-0.05, 0) is 34.8 Å². The fraction of sp³-hybridized carbons (Fsp3) is 0.294. The number of halogens is 1. The van der Waals surface area contributed by atoms with Gasteiger partial charge in [0, 0.05) is 24.9 Å². The Kier molecular flexibility index (Phi) is 4.93. The molecule has 0 fully saturated rings. The van der Waals surface area contributed by atoms with E-state index < -0.39 is 0 Å². The van der Waals surface area contributed by atoms with Gasteiger partial charge in [0.1, 0.15) is 5.52 Å². The van der Waals surface area contributed by atoms with Crippen LogP contribution in [0.15, 0.2) is 53.4 Å². The standard InChI is InChI=1S/C17H19BrN4O/c1-12(23)9-14(13-5-3-2-4-6-13)10-20-17-16-15(18)11-21-22(16)8-7-19-17/h2-8,11-12,14,23H,9-10H2,1H3,(H,19,20). The highest BCUT2D eigenvalue weighted by atomic mass is 79.9. The molecule has 2 heterocycles. The Hall–Kier alpha value is -1.92. The van der Waals surface area contributed by atoms with Crippen LogP contribution in [0.25, 0.3) is 5.52 Å². The molecule has 5 nitrogen and oxygen atoms in total. The molecule has 0 amide bonds. The molecule has 23 heavy (non-hydrogen) atoms. The lowest BCUT2D eigenvalue weighted by atomic mass is 9.93. The first-order chi connectivity index (χ1) is 11.1. The Balaban J connectivity index is 1.82. The van der Waals surface area contributed by atoms with Gasteiger partial charge in [-0.2, -0.15) is 5.10 Å². The van der Waals surface area contributed by atoms with Gasteiger partial charge in [0.05, 0.1) is 16.8 Å². The van der Waals surface area contributed by atoms with Gasteiger partial charge in [-0.25, -0.2) is 9.50 Å². The molecule has 3 aromatic rings. The number of hydrogen-bond acceptors (Lipinski definition) is 4. The quantitative estimate of drug-likeness (QED) is 0.693. The molecular weight excluding hydrogens is 356 g/mol. The molecule has 120 valence electrons. The van der Waals surface area contributed by atoms with Crippen LogP contribution in [0.3, 0.4) is 0 Å². The Morgan fingerprint density at radius 3 is 2.83 bits per heavy atom. The molecule has 2 atom stereocenters. The minimum Gasteiger partial charge on any atom is -0.393 e. The van der Waals surface area contributed by atoms with Crippen LogP contribution in [0.1, 0.15) is 24.8 Å². The number of hydrogen-bond donors (Lipinski definition) is 2. The summed E-state index contributed by atoms with van der Waals surface area (Å²) >= 11 is 3.51. The number of aromatic nitrogens is 3. The second kappa shape index (κ2) is 7.10. The highest BCUT2D eigenvalue weighted by molar-refractivity contribution is 9.10. The number of aliphatic hydroxyl groups is 1. The van der Waals surface area contributed by atoms with Crippen molar-refractivity contribution < 1.29 is 5.11 Å². The first kappa shape index (κ1) is 16.0. The molecule has 2 N–H and O–H groups in total. The van der Waals surface area contributed by atoms with Crippen LogP contribution in [-0.2, 0) is 0 Å². The zero-order chi connectivity index (χ0) is 16.2. The van der Waals surface area contributed by atoms with Gasteiger partial charge in [0.25, 0.3) is 0 Å².